The Kier molecular flexibility index (Phi) is 25.4. The van der Waals surface area contributed by atoms with Gasteiger partial charge in [0.15, 0.2) is 0 Å². The van der Waals surface area contributed by atoms with Crippen molar-refractivity contribution in [3.63, 3.8) is 0 Å². The van der Waals surface area contributed by atoms with Gasteiger partial charge in [-0.05, 0) is 0 Å². The number of hydrogen-bond acceptors (Lipinski definition) is 2. The van der Waals surface area contributed by atoms with Gasteiger partial charge in [0.2, 0.25) is 0 Å². The predicted molar refractivity (Wildman–Crippen MR) is 18.2 cm³/mol. The van der Waals surface area contributed by atoms with Crippen molar-refractivity contribution < 1.29 is 61.5 Å². The topological polar surface area (TPSA) is 115 Å². The van der Waals surface area contributed by atoms with Gasteiger partial charge < -0.3 is 2.85 Å². The van der Waals surface area contributed by atoms with E-state index in [0.29, 0.717) is 0 Å². The molecule has 0 spiro atoms. The third-order valence-corrected chi connectivity index (χ3v) is 0. The molecule has 0 radical (unpaired) electrons. The molecule has 0 saturated carbocycles. The van der Waals surface area contributed by atoms with Crippen LogP contribution in [0, 0.1) is 0 Å². The summed E-state index contributed by atoms with van der Waals surface area (Å²) in [7, 11) is 0. The molecule has 9 heavy (non-hydrogen) atoms. The summed E-state index contributed by atoms with van der Waals surface area (Å²) in [5.41, 5.74) is 0. The molecule has 0 bridgehead atoms. The van der Waals surface area contributed by atoms with E-state index >= 15 is 0 Å². The van der Waals surface area contributed by atoms with Crippen LogP contribution in [0.15, 0.2) is 0 Å². The van der Waals surface area contributed by atoms with Crippen molar-refractivity contribution in [2.24, 2.45) is 0 Å². The van der Waals surface area contributed by atoms with Crippen molar-refractivity contribution in [1.29, 1.82) is 0 Å². The Morgan fingerprint density at radius 1 is 0.889 bits per heavy atom. The van der Waals surface area contributed by atoms with Crippen molar-refractivity contribution in [3.8, 4) is 0 Å². The molecule has 0 aromatic carbocycles. The zero-order valence-corrected chi connectivity index (χ0v) is 11.9. The van der Waals surface area contributed by atoms with E-state index in [4.69, 9.17) is 21.4 Å². The van der Waals surface area contributed by atoms with Gasteiger partial charge in [0.05, 0.1) is 0 Å². The van der Waals surface area contributed by atoms with Crippen LogP contribution in [0.4, 0.5) is 0 Å². The molecule has 0 atom stereocenters. The average Bonchev–Trinajstić information content (AvgIpc) is 1.25. The maximum absolute atomic E-state index is 8.81. The van der Waals surface area contributed by atoms with Crippen molar-refractivity contribution in [2.75, 3.05) is 0 Å². The van der Waals surface area contributed by atoms with Crippen LogP contribution in [-0.2, 0) is 43.9 Å². The van der Waals surface area contributed by atoms with E-state index in [0.717, 1.165) is 0 Å². The normalized spacial score (nSPS) is 5.78. The SMILES string of the molecule is [Ba+2].[H-].[H-].[O]=[Ti]([OH])[OH].[O]=[Ti]([OH])[OH]. The standard InChI is InChI=1S/Ba.4H2O.2O.2Ti.2H/h;4*1H2;;;;;;/q+2;;;;;;;2*+2;2*-1/p-4. The molecule has 0 saturated heterocycles. The fourth-order valence-corrected chi connectivity index (χ4v) is 0. The third kappa shape index (κ3) is 125. The summed E-state index contributed by atoms with van der Waals surface area (Å²) < 4.78 is 46.5. The van der Waals surface area contributed by atoms with E-state index in [1.165, 1.54) is 0 Å². The first kappa shape index (κ1) is 17.5. The maximum atomic E-state index is 8.81. The summed E-state index contributed by atoms with van der Waals surface area (Å²) in [6.45, 7) is 0. The van der Waals surface area contributed by atoms with Crippen LogP contribution < -0.4 is 0 Å². The predicted octanol–water partition coefficient (Wildman–Crippen LogP) is -2.63. The van der Waals surface area contributed by atoms with Crippen LogP contribution >= 0.6 is 0 Å². The molecule has 52 valence electrons. The van der Waals surface area contributed by atoms with E-state index in [2.05, 4.69) is 0 Å². The Hall–Kier alpha value is 2.44. The Labute approximate surface area is 108 Å². The van der Waals surface area contributed by atoms with Crippen LogP contribution in [0.25, 0.3) is 0 Å². The molecule has 0 rings (SSSR count). The molecule has 0 unspecified atom stereocenters. The summed E-state index contributed by atoms with van der Waals surface area (Å²) in [5.74, 6) is 0. The van der Waals surface area contributed by atoms with Gasteiger partial charge in [-0.1, -0.05) is 0 Å². The van der Waals surface area contributed by atoms with Crippen LogP contribution in [0.3, 0.4) is 0 Å². The molecule has 0 aliphatic heterocycles. The molecular weight excluding hydrogens is 329 g/mol. The van der Waals surface area contributed by atoms with E-state index < -0.39 is 37.2 Å². The van der Waals surface area contributed by atoms with Gasteiger partial charge in [-0.2, -0.15) is 0 Å². The minimum absolute atomic E-state index is 0. The average molecular weight is 335 g/mol. The van der Waals surface area contributed by atoms with Crippen LogP contribution in [0.5, 0.6) is 0 Å². The molecule has 0 aromatic heterocycles. The van der Waals surface area contributed by atoms with Gasteiger partial charge >= 0.3 is 108 Å². The minimum atomic E-state index is -3.58. The summed E-state index contributed by atoms with van der Waals surface area (Å²) in [6, 6.07) is 0. The Bertz CT molecular complexity index is 76.6. The number of hydrogen-bond donors (Lipinski definition) is 4. The third-order valence-electron chi connectivity index (χ3n) is 0. The first-order chi connectivity index (χ1) is 3.46. The van der Waals surface area contributed by atoms with Crippen molar-refractivity contribution in [3.05, 3.63) is 0 Å². The van der Waals surface area contributed by atoms with E-state index in [9.17, 15) is 0 Å². The summed E-state index contributed by atoms with van der Waals surface area (Å²) >= 11 is -7.17. The Morgan fingerprint density at radius 3 is 0.889 bits per heavy atom. The van der Waals surface area contributed by atoms with Crippen LogP contribution in [-0.4, -0.2) is 63.6 Å². The Morgan fingerprint density at radius 2 is 0.889 bits per heavy atom. The second-order valence-corrected chi connectivity index (χ2v) is 2.33. The van der Waals surface area contributed by atoms with Gasteiger partial charge in [-0.25, -0.2) is 0 Å². The molecule has 0 aliphatic rings. The zero-order chi connectivity index (χ0) is 7.15. The molecule has 0 fully saturated rings. The monoisotopic (exact) mass is 336 g/mol. The molecule has 0 amide bonds. The van der Waals surface area contributed by atoms with Gasteiger partial charge in [0, 0.05) is 0 Å². The summed E-state index contributed by atoms with van der Waals surface area (Å²) in [5, 5.41) is 0. The first-order valence-electron chi connectivity index (χ1n) is 1.30. The fourth-order valence-electron chi connectivity index (χ4n) is 0. The summed E-state index contributed by atoms with van der Waals surface area (Å²) in [4.78, 5) is 0. The van der Waals surface area contributed by atoms with E-state index in [1.54, 1.807) is 0 Å². The molecule has 0 heterocycles. The van der Waals surface area contributed by atoms with Crippen LogP contribution in [0.2, 0.25) is 0 Å². The van der Waals surface area contributed by atoms with Crippen molar-refractivity contribution in [2.45, 2.75) is 0 Å². The Balaban J connectivity index is -0.0000000171. The van der Waals surface area contributed by atoms with Crippen molar-refractivity contribution in [1.82, 2.24) is 0 Å². The molecule has 6 nitrogen and oxygen atoms in total. The molecule has 4 N–H and O–H groups in total. The second kappa shape index (κ2) is 13.1. The molecule has 0 aliphatic carbocycles. The van der Waals surface area contributed by atoms with E-state index in [1.807, 2.05) is 0 Å². The van der Waals surface area contributed by atoms with Gasteiger partial charge in [0.1, 0.15) is 0 Å². The van der Waals surface area contributed by atoms with Gasteiger partial charge in [-0.15, -0.1) is 0 Å². The quantitative estimate of drug-likeness (QED) is 0.360. The van der Waals surface area contributed by atoms with Gasteiger partial charge in [-0.3, -0.25) is 0 Å². The molecule has 9 heteroatoms. The zero-order valence-electron chi connectivity index (χ0n) is 6.31. The second-order valence-electron chi connectivity index (χ2n) is 0.565. The number of rotatable bonds is 0. The fraction of sp³-hybridized carbons (Fsp3) is 0. The molecular formula is H6BaO6Ti2. The van der Waals surface area contributed by atoms with E-state index in [-0.39, 0.29) is 51.7 Å². The van der Waals surface area contributed by atoms with Crippen molar-refractivity contribution >= 4 is 48.9 Å². The first-order valence-corrected chi connectivity index (χ1v) is 5.37. The van der Waals surface area contributed by atoms with Crippen LogP contribution in [0.1, 0.15) is 2.85 Å². The summed E-state index contributed by atoms with van der Waals surface area (Å²) in [6.07, 6.45) is 0. The van der Waals surface area contributed by atoms with Gasteiger partial charge in [0.25, 0.3) is 0 Å². The molecule has 0 aromatic rings.